The maximum absolute atomic E-state index is 4.86. The molecular formula is C35H28N4. The molecule has 0 radical (unpaired) electrons. The van der Waals surface area contributed by atoms with E-state index in [9.17, 15) is 0 Å². The Morgan fingerprint density at radius 1 is 0.590 bits per heavy atom. The van der Waals surface area contributed by atoms with E-state index in [1.54, 1.807) is 0 Å². The fourth-order valence-electron chi connectivity index (χ4n) is 4.80. The summed E-state index contributed by atoms with van der Waals surface area (Å²) < 4.78 is 2.31. The van der Waals surface area contributed by atoms with Gasteiger partial charge in [0.05, 0.1) is 5.52 Å². The van der Waals surface area contributed by atoms with Crippen molar-refractivity contribution in [2.75, 3.05) is 0 Å². The normalized spacial score (nSPS) is 10.9. The third kappa shape index (κ3) is 4.99. The van der Waals surface area contributed by atoms with Crippen LogP contribution < -0.4 is 0 Å². The van der Waals surface area contributed by atoms with Crippen molar-refractivity contribution in [1.29, 1.82) is 0 Å². The summed E-state index contributed by atoms with van der Waals surface area (Å²) >= 11 is 0. The largest absolute Gasteiger partial charge is 0.313 e. The van der Waals surface area contributed by atoms with E-state index in [0.29, 0.717) is 17.5 Å². The molecule has 0 atom stereocenters. The molecule has 0 saturated heterocycles. The van der Waals surface area contributed by atoms with Gasteiger partial charge in [0.1, 0.15) is 0 Å². The molecule has 0 saturated carbocycles. The van der Waals surface area contributed by atoms with Gasteiger partial charge in [0.25, 0.3) is 0 Å². The van der Waals surface area contributed by atoms with Crippen molar-refractivity contribution in [2.24, 2.45) is 0 Å². The molecule has 188 valence electrons. The second-order valence-corrected chi connectivity index (χ2v) is 8.94. The van der Waals surface area contributed by atoms with Crippen molar-refractivity contribution in [2.45, 2.75) is 13.8 Å². The molecule has 0 amide bonds. The Kier molecular flexibility index (Phi) is 7.43. The molecule has 2 aromatic heterocycles. The highest BCUT2D eigenvalue weighted by Gasteiger charge is 2.15. The molecule has 0 unspecified atom stereocenters. The standard InChI is InChI=1S/C33H26N4.C2H2/c1-3-12-28-23(2)37(30-18-11-10-17-29(28)30)27-21-19-26(20-22-27)33-35-31(24-13-6-4-7-14-24)34-32(36-33)25-15-8-5-9-16-25;1-2/h3-22H,1-2H3;1-2H/b12-3-;. The topological polar surface area (TPSA) is 43.6 Å². The Bertz CT molecular complexity index is 1700. The second-order valence-electron chi connectivity index (χ2n) is 8.94. The molecule has 6 aromatic rings. The number of terminal acetylenes is 1. The van der Waals surface area contributed by atoms with Gasteiger partial charge in [0.15, 0.2) is 17.5 Å². The van der Waals surface area contributed by atoms with Crippen LogP contribution >= 0.6 is 0 Å². The Balaban J connectivity index is 0.00000151. The van der Waals surface area contributed by atoms with Crippen LogP contribution in [0.15, 0.2) is 115 Å². The number of allylic oxidation sites excluding steroid dienone is 1. The van der Waals surface area contributed by atoms with Crippen LogP contribution in [0, 0.1) is 19.8 Å². The summed E-state index contributed by atoms with van der Waals surface area (Å²) in [6.07, 6.45) is 12.3. The predicted octanol–water partition coefficient (Wildman–Crippen LogP) is 8.41. The van der Waals surface area contributed by atoms with Crippen molar-refractivity contribution in [3.05, 3.63) is 127 Å². The van der Waals surface area contributed by atoms with Gasteiger partial charge in [-0.1, -0.05) is 91.0 Å². The van der Waals surface area contributed by atoms with Gasteiger partial charge in [0.2, 0.25) is 0 Å². The average Bonchev–Trinajstić information content (AvgIpc) is 3.30. The highest BCUT2D eigenvalue weighted by atomic mass is 15.0. The molecule has 0 bridgehead atoms. The summed E-state index contributed by atoms with van der Waals surface area (Å²) in [5, 5.41) is 1.25. The lowest BCUT2D eigenvalue weighted by Crippen LogP contribution is -2.01. The first-order valence-corrected chi connectivity index (χ1v) is 12.8. The maximum Gasteiger partial charge on any atom is 0.164 e. The van der Waals surface area contributed by atoms with Gasteiger partial charge in [-0.3, -0.25) is 0 Å². The van der Waals surface area contributed by atoms with E-state index >= 15 is 0 Å². The summed E-state index contributed by atoms with van der Waals surface area (Å²) in [6.45, 7) is 4.23. The number of fused-ring (bicyclic) bond motifs is 1. The molecule has 39 heavy (non-hydrogen) atoms. The number of benzene rings is 4. The summed E-state index contributed by atoms with van der Waals surface area (Å²) in [6, 6.07) is 37.1. The van der Waals surface area contributed by atoms with E-state index in [1.165, 1.54) is 22.2 Å². The fourth-order valence-corrected chi connectivity index (χ4v) is 4.80. The van der Waals surface area contributed by atoms with Crippen LogP contribution in [0.4, 0.5) is 0 Å². The van der Waals surface area contributed by atoms with Crippen molar-refractivity contribution < 1.29 is 0 Å². The minimum Gasteiger partial charge on any atom is -0.313 e. The van der Waals surface area contributed by atoms with E-state index in [2.05, 4.69) is 91.9 Å². The molecule has 0 N–H and O–H groups in total. The van der Waals surface area contributed by atoms with Gasteiger partial charge < -0.3 is 4.57 Å². The summed E-state index contributed by atoms with van der Waals surface area (Å²) in [4.78, 5) is 14.5. The second kappa shape index (κ2) is 11.4. The molecule has 4 heteroatoms. The lowest BCUT2D eigenvalue weighted by atomic mass is 10.1. The molecule has 2 heterocycles. The quantitative estimate of drug-likeness (QED) is 0.221. The molecule has 4 nitrogen and oxygen atoms in total. The van der Waals surface area contributed by atoms with Gasteiger partial charge in [0, 0.05) is 39.0 Å². The van der Waals surface area contributed by atoms with Gasteiger partial charge in [-0.15, -0.1) is 12.8 Å². The molecule has 6 rings (SSSR count). The van der Waals surface area contributed by atoms with Gasteiger partial charge >= 0.3 is 0 Å². The Labute approximate surface area is 229 Å². The highest BCUT2D eigenvalue weighted by Crippen LogP contribution is 2.31. The third-order valence-corrected chi connectivity index (χ3v) is 6.58. The number of rotatable bonds is 5. The lowest BCUT2D eigenvalue weighted by molar-refractivity contribution is 1.05. The first kappa shape index (κ1) is 25.4. The summed E-state index contributed by atoms with van der Waals surface area (Å²) in [7, 11) is 0. The third-order valence-electron chi connectivity index (χ3n) is 6.58. The van der Waals surface area contributed by atoms with Crippen LogP contribution in [0.2, 0.25) is 0 Å². The van der Waals surface area contributed by atoms with E-state index in [1.807, 2.05) is 60.7 Å². The first-order valence-electron chi connectivity index (χ1n) is 12.8. The molecule has 0 spiro atoms. The minimum atomic E-state index is 0.656. The molecular weight excluding hydrogens is 476 g/mol. The van der Waals surface area contributed by atoms with Crippen LogP contribution in [-0.2, 0) is 0 Å². The van der Waals surface area contributed by atoms with Gasteiger partial charge in [-0.2, -0.15) is 0 Å². The molecule has 0 aliphatic carbocycles. The lowest BCUT2D eigenvalue weighted by Gasteiger charge is -2.11. The smallest absolute Gasteiger partial charge is 0.164 e. The first-order chi connectivity index (χ1) is 19.2. The van der Waals surface area contributed by atoms with Crippen molar-refractivity contribution >= 4 is 17.0 Å². The number of hydrogen-bond acceptors (Lipinski definition) is 3. The SMILES string of the molecule is C#C.C/C=C\c1c(C)n(-c2ccc(-c3nc(-c4ccccc4)nc(-c4ccccc4)n3)cc2)c2ccccc12. The van der Waals surface area contributed by atoms with E-state index in [-0.39, 0.29) is 0 Å². The number of para-hydroxylation sites is 1. The van der Waals surface area contributed by atoms with Crippen molar-refractivity contribution in [3.8, 4) is 52.7 Å². The summed E-state index contributed by atoms with van der Waals surface area (Å²) in [5.41, 5.74) is 7.64. The number of hydrogen-bond donors (Lipinski definition) is 0. The van der Waals surface area contributed by atoms with Crippen LogP contribution in [0.25, 0.3) is 56.8 Å². The summed E-state index contributed by atoms with van der Waals surface area (Å²) in [5.74, 6) is 1.98. The zero-order valence-electron chi connectivity index (χ0n) is 22.0. The Morgan fingerprint density at radius 3 is 1.56 bits per heavy atom. The molecule has 0 fully saturated rings. The van der Waals surface area contributed by atoms with E-state index in [0.717, 1.165) is 22.4 Å². The van der Waals surface area contributed by atoms with E-state index < -0.39 is 0 Å². The van der Waals surface area contributed by atoms with Gasteiger partial charge in [-0.05, 0) is 44.2 Å². The van der Waals surface area contributed by atoms with Crippen LogP contribution in [-0.4, -0.2) is 19.5 Å². The zero-order valence-corrected chi connectivity index (χ0v) is 22.0. The van der Waals surface area contributed by atoms with E-state index in [4.69, 9.17) is 15.0 Å². The Morgan fingerprint density at radius 2 is 1.05 bits per heavy atom. The highest BCUT2D eigenvalue weighted by molar-refractivity contribution is 5.92. The van der Waals surface area contributed by atoms with Gasteiger partial charge in [-0.25, -0.2) is 15.0 Å². The van der Waals surface area contributed by atoms with Crippen molar-refractivity contribution in [1.82, 2.24) is 19.5 Å². The average molecular weight is 505 g/mol. The molecule has 0 aliphatic heterocycles. The number of aromatic nitrogens is 4. The predicted molar refractivity (Wildman–Crippen MR) is 162 cm³/mol. The monoisotopic (exact) mass is 504 g/mol. The van der Waals surface area contributed by atoms with Crippen LogP contribution in [0.5, 0.6) is 0 Å². The van der Waals surface area contributed by atoms with Crippen molar-refractivity contribution in [3.63, 3.8) is 0 Å². The number of nitrogens with zero attached hydrogens (tertiary/aromatic N) is 4. The fraction of sp³-hybridized carbons (Fsp3) is 0.0571. The Hall–Kier alpha value is -5.27. The van der Waals surface area contributed by atoms with Crippen LogP contribution in [0.3, 0.4) is 0 Å². The van der Waals surface area contributed by atoms with Crippen LogP contribution in [0.1, 0.15) is 18.2 Å². The molecule has 0 aliphatic rings. The zero-order chi connectivity index (χ0) is 27.2. The molecule has 4 aromatic carbocycles. The minimum absolute atomic E-state index is 0.656. The maximum atomic E-state index is 4.86.